The van der Waals surface area contributed by atoms with Gasteiger partial charge in [-0.05, 0) is 37.5 Å². The molecule has 134 valence electrons. The summed E-state index contributed by atoms with van der Waals surface area (Å²) < 4.78 is 3.92. The van der Waals surface area contributed by atoms with Gasteiger partial charge in [0, 0.05) is 30.2 Å². The van der Waals surface area contributed by atoms with Crippen LogP contribution in [-0.2, 0) is 7.05 Å². The highest BCUT2D eigenvalue weighted by Crippen LogP contribution is 2.34. The Kier molecular flexibility index (Phi) is 3.79. The first-order valence-electron chi connectivity index (χ1n) is 9.30. The molecule has 4 heterocycles. The number of hydrogen-bond acceptors (Lipinski definition) is 5. The molecule has 5 rings (SSSR count). The van der Waals surface area contributed by atoms with Gasteiger partial charge in [-0.25, -0.2) is 10.2 Å². The molecule has 3 aromatic heterocycles. The fraction of sp³-hybridized carbons (Fsp3) is 0.368. The highest BCUT2D eigenvalue weighted by atomic mass is 32.1. The second-order valence-corrected chi connectivity index (χ2v) is 8.46. The maximum atomic E-state index is 9.07. The molecule has 0 unspecified atom stereocenters. The number of rotatable bonds is 2. The summed E-state index contributed by atoms with van der Waals surface area (Å²) >= 11 is 1.64. The average Bonchev–Trinajstić information content (AvgIpc) is 3.34. The lowest BCUT2D eigenvalue weighted by atomic mass is 9.42. The molecule has 8 heteroatoms. The highest BCUT2D eigenvalue weighted by molar-refractivity contribution is 7.21. The second-order valence-electron chi connectivity index (χ2n) is 7.49. The van der Waals surface area contributed by atoms with Gasteiger partial charge in [0.15, 0.2) is 4.83 Å². The van der Waals surface area contributed by atoms with Gasteiger partial charge in [0.05, 0.1) is 17.8 Å². The van der Waals surface area contributed by atoms with Crippen LogP contribution in [0.15, 0.2) is 24.5 Å². The van der Waals surface area contributed by atoms with Crippen molar-refractivity contribution in [2.24, 2.45) is 7.05 Å². The molecule has 6 nitrogen and oxygen atoms in total. The smallest absolute Gasteiger partial charge is 0.268 e. The van der Waals surface area contributed by atoms with E-state index in [1.165, 1.54) is 0 Å². The summed E-state index contributed by atoms with van der Waals surface area (Å²) in [5.74, 6) is 2.40. The minimum absolute atomic E-state index is 0.216. The third kappa shape index (κ3) is 2.83. The van der Waals surface area contributed by atoms with Crippen molar-refractivity contribution >= 4 is 39.3 Å². The average molecular weight is 374 g/mol. The number of nitrogens with zero attached hydrogens (tertiary/aromatic N) is 6. The Morgan fingerprint density at radius 3 is 2.78 bits per heavy atom. The van der Waals surface area contributed by atoms with Crippen molar-refractivity contribution in [3.8, 4) is 16.5 Å². The van der Waals surface area contributed by atoms with Crippen LogP contribution in [0.4, 0.5) is 0 Å². The Balaban J connectivity index is 1.46. The Labute approximate surface area is 161 Å². The van der Waals surface area contributed by atoms with Crippen LogP contribution in [0.3, 0.4) is 0 Å². The molecule has 1 aromatic carbocycles. The maximum Gasteiger partial charge on any atom is 0.268 e. The molecule has 1 aliphatic rings. The molecule has 4 aromatic rings. The van der Waals surface area contributed by atoms with Gasteiger partial charge in [0.1, 0.15) is 10.5 Å². The Morgan fingerprint density at radius 2 is 2.04 bits per heavy atom. The molecular formula is C19H19BN6S. The monoisotopic (exact) mass is 374 g/mol. The summed E-state index contributed by atoms with van der Waals surface area (Å²) in [4.78, 5) is 5.82. The quantitative estimate of drug-likeness (QED) is 0.492. The number of aryl methyl sites for hydroxylation is 2. The van der Waals surface area contributed by atoms with Gasteiger partial charge in [0.2, 0.25) is 0 Å². The number of benzene rings is 1. The SMILES string of the molecule is Cc1cc(-c2nc3cn(C4CCB(C#N)CC4)nc3s2)cc2cn(C)nc12. The zero-order valence-corrected chi connectivity index (χ0v) is 16.2. The summed E-state index contributed by atoms with van der Waals surface area (Å²) in [5, 5.41) is 20.5. The summed E-state index contributed by atoms with van der Waals surface area (Å²) in [6.07, 6.45) is 8.11. The molecule has 1 saturated heterocycles. The minimum Gasteiger partial charge on any atom is -0.275 e. The first-order chi connectivity index (χ1) is 13.1. The predicted molar refractivity (Wildman–Crippen MR) is 109 cm³/mol. The van der Waals surface area contributed by atoms with Gasteiger partial charge in [-0.15, -0.1) is 0 Å². The first kappa shape index (κ1) is 16.5. The number of aromatic nitrogens is 5. The molecule has 1 aliphatic heterocycles. The van der Waals surface area contributed by atoms with E-state index >= 15 is 0 Å². The van der Waals surface area contributed by atoms with Crippen LogP contribution in [-0.4, -0.2) is 31.3 Å². The van der Waals surface area contributed by atoms with Crippen LogP contribution in [0.1, 0.15) is 24.4 Å². The van der Waals surface area contributed by atoms with E-state index in [2.05, 4.69) is 41.0 Å². The van der Waals surface area contributed by atoms with Gasteiger partial charge in [-0.2, -0.15) is 10.2 Å². The molecular weight excluding hydrogens is 355 g/mol. The molecule has 0 bridgehead atoms. The zero-order chi connectivity index (χ0) is 18.5. The van der Waals surface area contributed by atoms with E-state index in [9.17, 15) is 0 Å². The van der Waals surface area contributed by atoms with Gasteiger partial charge < -0.3 is 0 Å². The molecule has 0 atom stereocenters. The van der Waals surface area contributed by atoms with E-state index in [0.717, 1.165) is 62.9 Å². The zero-order valence-electron chi connectivity index (χ0n) is 15.4. The third-order valence-corrected chi connectivity index (χ3v) is 6.51. The van der Waals surface area contributed by atoms with Gasteiger partial charge >= 0.3 is 0 Å². The van der Waals surface area contributed by atoms with E-state index in [4.69, 9.17) is 15.3 Å². The van der Waals surface area contributed by atoms with E-state index in [0.29, 0.717) is 6.04 Å². The Bertz CT molecular complexity index is 1160. The molecule has 0 aliphatic carbocycles. The largest absolute Gasteiger partial charge is 0.275 e. The van der Waals surface area contributed by atoms with Crippen molar-refractivity contribution in [2.75, 3.05) is 0 Å². The van der Waals surface area contributed by atoms with E-state index in [1.807, 2.05) is 17.9 Å². The number of hydrogen-bond donors (Lipinski definition) is 0. The van der Waals surface area contributed by atoms with Crippen molar-refractivity contribution in [3.05, 3.63) is 30.1 Å². The number of fused-ring (bicyclic) bond motifs is 2. The van der Waals surface area contributed by atoms with E-state index in [1.54, 1.807) is 11.3 Å². The van der Waals surface area contributed by atoms with Crippen molar-refractivity contribution in [2.45, 2.75) is 38.4 Å². The summed E-state index contributed by atoms with van der Waals surface area (Å²) in [7, 11) is 1.95. The molecule has 0 spiro atoms. The standard InChI is InChI=1S/C19H19BN6S/c1-12-7-13(8-14-9-25(2)23-17(12)14)18-22-16-10-26(24-19(16)27-18)15-3-5-20(11-21)6-4-15/h7-10,15H,3-6H2,1-2H3. The van der Waals surface area contributed by atoms with Gasteiger partial charge in [-0.1, -0.05) is 24.0 Å². The highest BCUT2D eigenvalue weighted by Gasteiger charge is 2.26. The topological polar surface area (TPSA) is 72.3 Å². The molecule has 0 radical (unpaired) electrons. The van der Waals surface area contributed by atoms with Crippen LogP contribution in [0.25, 0.3) is 31.8 Å². The summed E-state index contributed by atoms with van der Waals surface area (Å²) in [6, 6.07) is 4.71. The predicted octanol–water partition coefficient (Wildman–Crippen LogP) is 4.25. The Morgan fingerprint density at radius 1 is 1.22 bits per heavy atom. The van der Waals surface area contributed by atoms with Crippen molar-refractivity contribution < 1.29 is 0 Å². The van der Waals surface area contributed by atoms with Crippen LogP contribution in [0.2, 0.25) is 12.6 Å². The number of nitriles is 1. The van der Waals surface area contributed by atoms with Crippen LogP contribution in [0, 0.1) is 18.2 Å². The van der Waals surface area contributed by atoms with E-state index in [-0.39, 0.29) is 6.71 Å². The molecule has 0 amide bonds. The minimum atomic E-state index is 0.216. The lowest BCUT2D eigenvalue weighted by molar-refractivity contribution is 0.418. The first-order valence-corrected chi connectivity index (χ1v) is 10.1. The lowest BCUT2D eigenvalue weighted by Crippen LogP contribution is -2.22. The summed E-state index contributed by atoms with van der Waals surface area (Å²) in [5.41, 5.74) is 4.29. The van der Waals surface area contributed by atoms with Crippen LogP contribution < -0.4 is 0 Å². The van der Waals surface area contributed by atoms with Crippen LogP contribution in [0.5, 0.6) is 0 Å². The number of thiazole rings is 1. The fourth-order valence-electron chi connectivity index (χ4n) is 4.07. The van der Waals surface area contributed by atoms with Gasteiger partial charge in [0.25, 0.3) is 6.71 Å². The van der Waals surface area contributed by atoms with E-state index < -0.39 is 0 Å². The summed E-state index contributed by atoms with van der Waals surface area (Å²) in [6.45, 7) is 2.31. The second kappa shape index (κ2) is 6.20. The van der Waals surface area contributed by atoms with Crippen LogP contribution >= 0.6 is 11.3 Å². The normalized spacial score (nSPS) is 15.7. The molecule has 1 fully saturated rings. The van der Waals surface area contributed by atoms with Crippen molar-refractivity contribution in [1.82, 2.24) is 24.5 Å². The molecule has 0 saturated carbocycles. The fourth-order valence-corrected chi connectivity index (χ4v) is 4.97. The maximum absolute atomic E-state index is 9.07. The Hall–Kier alpha value is -2.66. The molecule has 27 heavy (non-hydrogen) atoms. The molecule has 0 N–H and O–H groups in total. The van der Waals surface area contributed by atoms with Crippen molar-refractivity contribution in [1.29, 1.82) is 5.26 Å². The van der Waals surface area contributed by atoms with Gasteiger partial charge in [-0.3, -0.25) is 9.36 Å². The lowest BCUT2D eigenvalue weighted by Gasteiger charge is -2.23. The third-order valence-electron chi connectivity index (χ3n) is 5.51. The van der Waals surface area contributed by atoms with Crippen molar-refractivity contribution in [3.63, 3.8) is 0 Å².